The largest absolute Gasteiger partial charge is 0.507 e. The van der Waals surface area contributed by atoms with Crippen molar-refractivity contribution in [1.29, 1.82) is 0 Å². The van der Waals surface area contributed by atoms with Crippen LogP contribution in [0.3, 0.4) is 0 Å². The molecule has 5 N–H and O–H groups in total. The number of anilines is 3. The Bertz CT molecular complexity index is 2000. The summed E-state index contributed by atoms with van der Waals surface area (Å²) in [6.07, 6.45) is -3.31. The summed E-state index contributed by atoms with van der Waals surface area (Å²) in [5.74, 6) is -0.766. The molecular formula is C33H33Cl3F3N7O6. The van der Waals surface area contributed by atoms with E-state index in [9.17, 15) is 37.5 Å². The SMILES string of the molecule is Cc1cc(=O)oc2cc(O)c(/C=N/NC(=O)CN3CCN(CC(=O)Nc4ccc(NC(=O)Nc5ccc(C(F)(F)F)c(Cl)c5)cc4)CC3)cc12.Cl.Cl. The van der Waals surface area contributed by atoms with Gasteiger partial charge in [-0.3, -0.25) is 19.4 Å². The molecule has 19 heteroatoms. The van der Waals surface area contributed by atoms with Crippen LogP contribution < -0.4 is 27.0 Å². The molecule has 0 saturated carbocycles. The summed E-state index contributed by atoms with van der Waals surface area (Å²) in [5.41, 5.74) is 3.11. The minimum absolute atomic E-state index is 0. The first-order valence-electron chi connectivity index (χ1n) is 15.1. The predicted octanol–water partition coefficient (Wildman–Crippen LogP) is 5.67. The molecule has 4 aromatic rings. The number of halogens is 6. The number of benzene rings is 3. The fourth-order valence-corrected chi connectivity index (χ4v) is 5.44. The minimum Gasteiger partial charge on any atom is -0.507 e. The summed E-state index contributed by atoms with van der Waals surface area (Å²) in [5, 5.41) is 22.0. The van der Waals surface area contributed by atoms with Gasteiger partial charge in [0.05, 0.1) is 29.9 Å². The summed E-state index contributed by atoms with van der Waals surface area (Å²) < 4.78 is 43.8. The second-order valence-corrected chi connectivity index (χ2v) is 11.8. The molecular weight excluding hydrogens is 754 g/mol. The van der Waals surface area contributed by atoms with Crippen molar-refractivity contribution in [2.24, 2.45) is 5.10 Å². The lowest BCUT2D eigenvalue weighted by molar-refractivity contribution is -0.137. The number of hydrazone groups is 1. The Morgan fingerprint density at radius 1 is 0.865 bits per heavy atom. The van der Waals surface area contributed by atoms with E-state index in [-0.39, 0.29) is 66.7 Å². The number of aromatic hydroxyl groups is 1. The molecule has 1 aromatic heterocycles. The number of rotatable bonds is 9. The lowest BCUT2D eigenvalue weighted by Gasteiger charge is -2.33. The third-order valence-electron chi connectivity index (χ3n) is 7.65. The average Bonchev–Trinajstić information content (AvgIpc) is 3.03. The molecule has 3 aromatic carbocycles. The fraction of sp³-hybridized carbons (Fsp3) is 0.242. The van der Waals surface area contributed by atoms with E-state index in [4.69, 9.17) is 16.0 Å². The number of urea groups is 1. The number of phenolic OH excluding ortho intramolecular Hbond substituents is 1. The highest BCUT2D eigenvalue weighted by Gasteiger charge is 2.33. The van der Waals surface area contributed by atoms with Gasteiger partial charge in [0.25, 0.3) is 5.91 Å². The Morgan fingerprint density at radius 3 is 2.02 bits per heavy atom. The van der Waals surface area contributed by atoms with Gasteiger partial charge in [0.1, 0.15) is 11.3 Å². The number of fused-ring (bicyclic) bond motifs is 1. The van der Waals surface area contributed by atoms with Crippen molar-refractivity contribution < 1.29 is 37.1 Å². The van der Waals surface area contributed by atoms with E-state index in [0.717, 1.165) is 18.2 Å². The van der Waals surface area contributed by atoms with Crippen molar-refractivity contribution in [3.8, 4) is 5.75 Å². The van der Waals surface area contributed by atoms with Gasteiger partial charge in [0, 0.05) is 66.3 Å². The van der Waals surface area contributed by atoms with E-state index < -0.39 is 28.4 Å². The van der Waals surface area contributed by atoms with E-state index in [1.807, 2.05) is 9.80 Å². The number of phenols is 1. The molecule has 0 aliphatic carbocycles. The van der Waals surface area contributed by atoms with E-state index >= 15 is 0 Å². The van der Waals surface area contributed by atoms with Gasteiger partial charge < -0.3 is 25.5 Å². The molecule has 5 rings (SSSR count). The minimum atomic E-state index is -4.61. The number of alkyl halides is 3. The number of aryl methyl sites for hydroxylation is 1. The molecule has 4 amide bonds. The molecule has 2 heterocycles. The number of hydrogen-bond donors (Lipinski definition) is 5. The first-order valence-corrected chi connectivity index (χ1v) is 15.5. The van der Waals surface area contributed by atoms with Gasteiger partial charge in [-0.15, -0.1) is 24.8 Å². The summed E-state index contributed by atoms with van der Waals surface area (Å²) in [4.78, 5) is 52.8. The van der Waals surface area contributed by atoms with E-state index in [0.29, 0.717) is 54.1 Å². The Morgan fingerprint density at radius 2 is 1.42 bits per heavy atom. The molecule has 1 aliphatic heterocycles. The van der Waals surface area contributed by atoms with E-state index in [1.165, 1.54) is 18.3 Å². The summed E-state index contributed by atoms with van der Waals surface area (Å²) in [7, 11) is 0. The maximum atomic E-state index is 12.9. The molecule has 0 spiro atoms. The van der Waals surface area contributed by atoms with E-state index in [2.05, 4.69) is 26.5 Å². The molecule has 1 fully saturated rings. The lowest BCUT2D eigenvalue weighted by Crippen LogP contribution is -2.50. The van der Waals surface area contributed by atoms with Crippen LogP contribution in [0, 0.1) is 6.92 Å². The van der Waals surface area contributed by atoms with Gasteiger partial charge in [-0.1, -0.05) is 11.6 Å². The van der Waals surface area contributed by atoms with Crippen LogP contribution in [0.2, 0.25) is 5.02 Å². The van der Waals surface area contributed by atoms with Gasteiger partial charge in [0.2, 0.25) is 5.91 Å². The highest BCUT2D eigenvalue weighted by Crippen LogP contribution is 2.36. The van der Waals surface area contributed by atoms with Gasteiger partial charge in [-0.05, 0) is 61.0 Å². The monoisotopic (exact) mass is 785 g/mol. The molecule has 278 valence electrons. The standard InChI is InChI=1S/C33H31ClF3N7O6.2ClH/c1-19-12-31(48)50-28-15-27(45)20(13-24(19)28)16-38-42-30(47)18-44-10-8-43(9-11-44)17-29(46)39-21-2-4-22(5-3-21)40-32(49)41-23-6-7-25(26(34)14-23)33(35,36)37;;/h2-7,12-16,45H,8-11,17-18H2,1H3,(H,39,46)(H,42,47)(H2,40,41,49);2*1H/b38-16+;;. The van der Waals surface area contributed by atoms with Crippen molar-refractivity contribution in [1.82, 2.24) is 15.2 Å². The first kappa shape index (κ1) is 41.5. The molecule has 0 bridgehead atoms. The third kappa shape index (κ3) is 11.3. The van der Waals surface area contributed by atoms with Crippen LogP contribution in [-0.2, 0) is 15.8 Å². The van der Waals surface area contributed by atoms with Gasteiger partial charge >= 0.3 is 17.8 Å². The van der Waals surface area contributed by atoms with Gasteiger partial charge in [-0.2, -0.15) is 18.3 Å². The number of nitrogens with one attached hydrogen (secondary N) is 4. The van der Waals surface area contributed by atoms with Crippen molar-refractivity contribution in [2.45, 2.75) is 13.1 Å². The highest BCUT2D eigenvalue weighted by atomic mass is 35.5. The van der Waals surface area contributed by atoms with Crippen LogP contribution >= 0.6 is 36.4 Å². The number of carbonyl (C=O) groups excluding carboxylic acids is 3. The summed E-state index contributed by atoms with van der Waals surface area (Å²) >= 11 is 5.69. The number of nitrogens with zero attached hydrogens (tertiary/aromatic N) is 3. The fourth-order valence-electron chi connectivity index (χ4n) is 5.15. The number of hydrogen-bond acceptors (Lipinski definition) is 9. The van der Waals surface area contributed by atoms with Crippen molar-refractivity contribution in [3.05, 3.63) is 92.8 Å². The summed E-state index contributed by atoms with van der Waals surface area (Å²) in [6.45, 7) is 4.14. The van der Waals surface area contributed by atoms with Crippen molar-refractivity contribution in [2.75, 3.05) is 55.2 Å². The molecule has 1 saturated heterocycles. The topological polar surface area (TPSA) is 169 Å². The second-order valence-electron chi connectivity index (χ2n) is 11.4. The Kier molecular flexibility index (Phi) is 14.4. The zero-order chi connectivity index (χ0) is 36.0. The van der Waals surface area contributed by atoms with Gasteiger partial charge in [-0.25, -0.2) is 15.0 Å². The average molecular weight is 787 g/mol. The Labute approximate surface area is 312 Å². The molecule has 0 unspecified atom stereocenters. The Balaban J connectivity index is 0.00000364. The normalized spacial score (nSPS) is 13.6. The zero-order valence-corrected chi connectivity index (χ0v) is 29.6. The van der Waals surface area contributed by atoms with Crippen LogP contribution in [0.25, 0.3) is 11.0 Å². The number of piperazine rings is 1. The smallest absolute Gasteiger partial charge is 0.417 e. The summed E-state index contributed by atoms with van der Waals surface area (Å²) in [6, 6.07) is 12.7. The van der Waals surface area contributed by atoms with Crippen LogP contribution in [0.15, 0.2) is 75.0 Å². The second kappa shape index (κ2) is 18.1. The predicted molar refractivity (Wildman–Crippen MR) is 196 cm³/mol. The maximum Gasteiger partial charge on any atom is 0.417 e. The molecule has 52 heavy (non-hydrogen) atoms. The quantitative estimate of drug-likeness (QED) is 0.0822. The van der Waals surface area contributed by atoms with Crippen LogP contribution in [0.1, 0.15) is 16.7 Å². The molecule has 13 nitrogen and oxygen atoms in total. The van der Waals surface area contributed by atoms with Gasteiger partial charge in [0.15, 0.2) is 0 Å². The van der Waals surface area contributed by atoms with Crippen molar-refractivity contribution >= 4 is 88.5 Å². The van der Waals surface area contributed by atoms with Crippen molar-refractivity contribution in [3.63, 3.8) is 0 Å². The first-order chi connectivity index (χ1) is 23.7. The number of amides is 4. The lowest BCUT2D eigenvalue weighted by atomic mass is 10.1. The van der Waals surface area contributed by atoms with Crippen LogP contribution in [-0.4, -0.2) is 78.2 Å². The maximum absolute atomic E-state index is 12.9. The number of carbonyl (C=O) groups is 3. The molecule has 1 aliphatic rings. The molecule has 0 radical (unpaired) electrons. The zero-order valence-electron chi connectivity index (χ0n) is 27.3. The van der Waals surface area contributed by atoms with Crippen LogP contribution in [0.4, 0.5) is 35.0 Å². The highest BCUT2D eigenvalue weighted by molar-refractivity contribution is 6.31. The van der Waals surface area contributed by atoms with Crippen LogP contribution in [0.5, 0.6) is 5.75 Å². The third-order valence-corrected chi connectivity index (χ3v) is 7.96. The van der Waals surface area contributed by atoms with E-state index in [1.54, 1.807) is 37.3 Å². The molecule has 0 atom stereocenters. The Hall–Kier alpha value is -4.87.